The summed E-state index contributed by atoms with van der Waals surface area (Å²) in [5, 5.41) is 14.6. The van der Waals surface area contributed by atoms with Crippen LogP contribution >= 0.6 is 0 Å². The molecule has 1 aromatic rings. The van der Waals surface area contributed by atoms with Crippen LogP contribution in [0.3, 0.4) is 0 Å². The minimum absolute atomic E-state index is 0.206. The zero-order valence-electron chi connectivity index (χ0n) is 12.5. The van der Waals surface area contributed by atoms with Crippen molar-refractivity contribution < 1.29 is 14.7 Å². The molecule has 0 saturated heterocycles. The summed E-state index contributed by atoms with van der Waals surface area (Å²) in [6, 6.07) is 6.37. The van der Waals surface area contributed by atoms with Crippen molar-refractivity contribution in [2.45, 2.75) is 33.2 Å². The molecule has 1 aliphatic carbocycles. The normalized spacial score (nSPS) is 15.6. The van der Waals surface area contributed by atoms with Gasteiger partial charge in [0.2, 0.25) is 0 Å². The number of carboxylic acid groups (broad SMARTS) is 1. The monoisotopic (exact) mass is 290 g/mol. The van der Waals surface area contributed by atoms with E-state index in [2.05, 4.69) is 24.5 Å². The van der Waals surface area contributed by atoms with E-state index in [1.54, 1.807) is 18.2 Å². The number of rotatable bonds is 6. The summed E-state index contributed by atoms with van der Waals surface area (Å²) in [5.74, 6) is -0.390. The number of carboxylic acids is 1. The zero-order chi connectivity index (χ0) is 15.5. The van der Waals surface area contributed by atoms with Crippen LogP contribution in [-0.2, 0) is 6.54 Å². The molecule has 0 unspecified atom stereocenters. The van der Waals surface area contributed by atoms with Crippen LogP contribution in [0.1, 0.15) is 42.6 Å². The van der Waals surface area contributed by atoms with E-state index in [0.717, 1.165) is 5.56 Å². The second-order valence-corrected chi connectivity index (χ2v) is 6.06. The molecule has 5 nitrogen and oxygen atoms in total. The molecule has 0 bridgehead atoms. The molecule has 0 atom stereocenters. The Kier molecular flexibility index (Phi) is 4.50. The molecule has 0 aliphatic heterocycles. The van der Waals surface area contributed by atoms with E-state index >= 15 is 0 Å². The third-order valence-corrected chi connectivity index (χ3v) is 4.34. The van der Waals surface area contributed by atoms with E-state index in [-0.39, 0.29) is 17.0 Å². The number of hydrogen-bond donors (Lipinski definition) is 3. The number of benzene rings is 1. The second-order valence-electron chi connectivity index (χ2n) is 6.06. The van der Waals surface area contributed by atoms with E-state index in [9.17, 15) is 9.59 Å². The topological polar surface area (TPSA) is 78.4 Å². The molecule has 0 spiro atoms. The first-order chi connectivity index (χ1) is 9.93. The third kappa shape index (κ3) is 3.97. The molecule has 0 radical (unpaired) electrons. The van der Waals surface area contributed by atoms with Gasteiger partial charge < -0.3 is 15.7 Å². The van der Waals surface area contributed by atoms with Gasteiger partial charge in [-0.3, -0.25) is 0 Å². The molecule has 5 heteroatoms. The summed E-state index contributed by atoms with van der Waals surface area (Å²) >= 11 is 0. The lowest BCUT2D eigenvalue weighted by Crippen LogP contribution is -2.39. The number of hydrogen-bond acceptors (Lipinski definition) is 2. The van der Waals surface area contributed by atoms with Gasteiger partial charge in [0, 0.05) is 13.1 Å². The van der Waals surface area contributed by atoms with Crippen LogP contribution in [0.5, 0.6) is 0 Å². The SMILES string of the molecule is CC(C)C1(CNC(=O)NCc2cccc(C(=O)O)c2)CC1. The first kappa shape index (κ1) is 15.4. The number of urea groups is 1. The first-order valence-corrected chi connectivity index (χ1v) is 7.27. The Labute approximate surface area is 124 Å². The highest BCUT2D eigenvalue weighted by molar-refractivity contribution is 5.87. The fraction of sp³-hybridized carbons (Fsp3) is 0.500. The highest BCUT2D eigenvalue weighted by Gasteiger charge is 2.45. The van der Waals surface area contributed by atoms with Crippen LogP contribution in [0.4, 0.5) is 4.79 Å². The van der Waals surface area contributed by atoms with E-state index in [4.69, 9.17) is 5.11 Å². The Hall–Kier alpha value is -2.04. The van der Waals surface area contributed by atoms with Gasteiger partial charge in [-0.25, -0.2) is 9.59 Å². The van der Waals surface area contributed by atoms with Crippen LogP contribution in [0.15, 0.2) is 24.3 Å². The predicted molar refractivity (Wildman–Crippen MR) is 80.1 cm³/mol. The Morgan fingerprint density at radius 2 is 2.00 bits per heavy atom. The number of aromatic carboxylic acids is 1. The van der Waals surface area contributed by atoms with E-state index in [1.165, 1.54) is 18.9 Å². The molecule has 114 valence electrons. The van der Waals surface area contributed by atoms with Gasteiger partial charge in [-0.15, -0.1) is 0 Å². The molecule has 3 N–H and O–H groups in total. The molecule has 0 aromatic heterocycles. The lowest BCUT2D eigenvalue weighted by atomic mass is 9.92. The number of nitrogens with one attached hydrogen (secondary N) is 2. The predicted octanol–water partition coefficient (Wildman–Crippen LogP) is 2.62. The maximum Gasteiger partial charge on any atom is 0.335 e. The molecule has 1 saturated carbocycles. The summed E-state index contributed by atoms with van der Waals surface area (Å²) in [6.07, 6.45) is 2.34. The van der Waals surface area contributed by atoms with E-state index in [0.29, 0.717) is 19.0 Å². The van der Waals surface area contributed by atoms with Gasteiger partial charge in [-0.1, -0.05) is 26.0 Å². The van der Waals surface area contributed by atoms with Crippen LogP contribution in [-0.4, -0.2) is 23.7 Å². The highest BCUT2D eigenvalue weighted by Crippen LogP contribution is 2.51. The van der Waals surface area contributed by atoms with E-state index < -0.39 is 5.97 Å². The summed E-state index contributed by atoms with van der Waals surface area (Å²) in [5.41, 5.74) is 1.28. The molecule has 1 aromatic carbocycles. The molecule has 1 aliphatic rings. The largest absolute Gasteiger partial charge is 0.478 e. The summed E-state index contributed by atoms with van der Waals surface area (Å²) in [4.78, 5) is 22.7. The smallest absolute Gasteiger partial charge is 0.335 e. The molecule has 1 fully saturated rings. The molecular weight excluding hydrogens is 268 g/mol. The van der Waals surface area contributed by atoms with Gasteiger partial charge in [0.15, 0.2) is 0 Å². The van der Waals surface area contributed by atoms with Crippen molar-refractivity contribution in [1.29, 1.82) is 0 Å². The lowest BCUT2D eigenvalue weighted by molar-refractivity contribution is 0.0696. The van der Waals surface area contributed by atoms with Gasteiger partial charge in [0.25, 0.3) is 0 Å². The molecule has 2 amide bonds. The summed E-state index contributed by atoms with van der Waals surface area (Å²) in [6.45, 7) is 5.39. The summed E-state index contributed by atoms with van der Waals surface area (Å²) in [7, 11) is 0. The van der Waals surface area contributed by atoms with Gasteiger partial charge >= 0.3 is 12.0 Å². The van der Waals surface area contributed by atoms with Gasteiger partial charge in [-0.2, -0.15) is 0 Å². The van der Waals surface area contributed by atoms with Gasteiger partial charge in [0.05, 0.1) is 5.56 Å². The van der Waals surface area contributed by atoms with Crippen molar-refractivity contribution in [3.8, 4) is 0 Å². The van der Waals surface area contributed by atoms with Crippen molar-refractivity contribution in [2.24, 2.45) is 11.3 Å². The fourth-order valence-corrected chi connectivity index (χ4v) is 2.43. The van der Waals surface area contributed by atoms with Crippen molar-refractivity contribution in [3.63, 3.8) is 0 Å². The molecule has 0 heterocycles. The maximum atomic E-state index is 11.8. The number of amides is 2. The van der Waals surface area contributed by atoms with Crippen LogP contribution in [0, 0.1) is 11.3 Å². The third-order valence-electron chi connectivity index (χ3n) is 4.34. The summed E-state index contributed by atoms with van der Waals surface area (Å²) < 4.78 is 0. The van der Waals surface area contributed by atoms with Crippen molar-refractivity contribution in [2.75, 3.05) is 6.54 Å². The minimum atomic E-state index is -0.964. The Morgan fingerprint density at radius 1 is 1.29 bits per heavy atom. The second kappa shape index (κ2) is 6.16. The minimum Gasteiger partial charge on any atom is -0.478 e. The van der Waals surface area contributed by atoms with Crippen LogP contribution in [0.25, 0.3) is 0 Å². The fourth-order valence-electron chi connectivity index (χ4n) is 2.43. The van der Waals surface area contributed by atoms with Crippen LogP contribution in [0.2, 0.25) is 0 Å². The quantitative estimate of drug-likeness (QED) is 0.753. The number of carbonyl (C=O) groups is 2. The van der Waals surface area contributed by atoms with Crippen molar-refractivity contribution in [3.05, 3.63) is 35.4 Å². The van der Waals surface area contributed by atoms with Gasteiger partial charge in [0.1, 0.15) is 0 Å². The standard InChI is InChI=1S/C16H22N2O3/c1-11(2)16(6-7-16)10-18-15(21)17-9-12-4-3-5-13(8-12)14(19)20/h3-5,8,11H,6-7,9-10H2,1-2H3,(H,19,20)(H2,17,18,21). The highest BCUT2D eigenvalue weighted by atomic mass is 16.4. The molecular formula is C16H22N2O3. The maximum absolute atomic E-state index is 11.8. The Morgan fingerprint density at radius 3 is 2.57 bits per heavy atom. The Bertz CT molecular complexity index is 536. The Balaban J connectivity index is 1.79. The lowest BCUT2D eigenvalue weighted by Gasteiger charge is -2.20. The van der Waals surface area contributed by atoms with E-state index in [1.807, 2.05) is 0 Å². The molecule has 21 heavy (non-hydrogen) atoms. The zero-order valence-corrected chi connectivity index (χ0v) is 12.5. The van der Waals surface area contributed by atoms with Crippen molar-refractivity contribution in [1.82, 2.24) is 10.6 Å². The molecule has 2 rings (SSSR count). The van der Waals surface area contributed by atoms with Crippen LogP contribution < -0.4 is 10.6 Å². The van der Waals surface area contributed by atoms with Crippen molar-refractivity contribution >= 4 is 12.0 Å². The average molecular weight is 290 g/mol. The first-order valence-electron chi connectivity index (χ1n) is 7.27. The van der Waals surface area contributed by atoms with Gasteiger partial charge in [-0.05, 0) is 41.9 Å². The average Bonchev–Trinajstić information content (AvgIpc) is 3.24. The number of carbonyl (C=O) groups excluding carboxylic acids is 1.